The summed E-state index contributed by atoms with van der Waals surface area (Å²) in [6.07, 6.45) is 0. The summed E-state index contributed by atoms with van der Waals surface area (Å²) in [6.45, 7) is 2.03. The normalized spacial score (nSPS) is 10.9. The highest BCUT2D eigenvalue weighted by Crippen LogP contribution is 2.26. The van der Waals surface area contributed by atoms with Crippen molar-refractivity contribution in [3.05, 3.63) is 83.9 Å². The molecule has 1 aromatic heterocycles. The number of oxazole rings is 1. The monoisotopic (exact) mass is 388 g/mol. The summed E-state index contributed by atoms with van der Waals surface area (Å²) < 4.78 is 5.82. The molecule has 0 saturated heterocycles. The Morgan fingerprint density at radius 3 is 2.61 bits per heavy atom. The number of aryl methyl sites for hydroxylation is 1. The highest BCUT2D eigenvalue weighted by atomic mass is 32.2. The van der Waals surface area contributed by atoms with Gasteiger partial charge in [-0.2, -0.15) is 0 Å². The van der Waals surface area contributed by atoms with E-state index in [9.17, 15) is 4.79 Å². The maximum Gasteiger partial charge on any atom is 0.234 e. The third-order valence-corrected chi connectivity index (χ3v) is 5.31. The lowest BCUT2D eigenvalue weighted by Gasteiger charge is -2.06. The zero-order valence-electron chi connectivity index (χ0n) is 15.5. The molecular formula is C23H20N2O2S. The number of fused-ring (bicyclic) bond motifs is 1. The lowest BCUT2D eigenvalue weighted by atomic mass is 10.2. The van der Waals surface area contributed by atoms with Gasteiger partial charge in [-0.05, 0) is 54.4 Å². The molecule has 140 valence electrons. The molecule has 4 aromatic rings. The molecule has 0 unspecified atom stereocenters. The largest absolute Gasteiger partial charge is 0.436 e. The molecule has 0 radical (unpaired) electrons. The summed E-state index contributed by atoms with van der Waals surface area (Å²) in [5.74, 6) is 1.81. The molecule has 0 bridgehead atoms. The average molecular weight is 388 g/mol. The van der Waals surface area contributed by atoms with Gasteiger partial charge >= 0.3 is 0 Å². The number of rotatable bonds is 6. The molecule has 3 aromatic carbocycles. The van der Waals surface area contributed by atoms with Gasteiger partial charge < -0.3 is 9.73 Å². The summed E-state index contributed by atoms with van der Waals surface area (Å²) in [4.78, 5) is 16.7. The molecule has 1 N–H and O–H groups in total. The molecule has 0 spiro atoms. The molecule has 0 atom stereocenters. The Balaban J connectivity index is 1.35. The van der Waals surface area contributed by atoms with Crippen LogP contribution in [0.3, 0.4) is 0 Å². The summed E-state index contributed by atoms with van der Waals surface area (Å²) >= 11 is 1.60. The third-order valence-electron chi connectivity index (χ3n) is 4.30. The van der Waals surface area contributed by atoms with Gasteiger partial charge in [-0.15, -0.1) is 11.8 Å². The van der Waals surface area contributed by atoms with Crippen molar-refractivity contribution in [2.75, 3.05) is 11.1 Å². The van der Waals surface area contributed by atoms with E-state index in [4.69, 9.17) is 4.42 Å². The van der Waals surface area contributed by atoms with Gasteiger partial charge in [-0.25, -0.2) is 4.98 Å². The van der Waals surface area contributed by atoms with Gasteiger partial charge in [0.05, 0.1) is 5.75 Å². The Bertz CT molecular complexity index is 1090. The Hall–Kier alpha value is -3.05. The van der Waals surface area contributed by atoms with E-state index in [2.05, 4.69) is 22.4 Å². The molecule has 0 fully saturated rings. The fourth-order valence-corrected chi connectivity index (χ4v) is 3.68. The van der Waals surface area contributed by atoms with Gasteiger partial charge in [0.15, 0.2) is 5.58 Å². The predicted molar refractivity (Wildman–Crippen MR) is 115 cm³/mol. The SMILES string of the molecule is Cc1ccc2oc(-c3ccc(NC(=O)CSCc4ccccc4)cc3)nc2c1. The lowest BCUT2D eigenvalue weighted by molar-refractivity contribution is -0.113. The number of thioether (sulfide) groups is 1. The van der Waals surface area contributed by atoms with Crippen LogP contribution in [0.4, 0.5) is 5.69 Å². The summed E-state index contributed by atoms with van der Waals surface area (Å²) in [5, 5.41) is 2.93. The molecule has 0 aliphatic rings. The second-order valence-electron chi connectivity index (χ2n) is 6.59. The maximum atomic E-state index is 12.1. The Morgan fingerprint density at radius 2 is 1.82 bits per heavy atom. The zero-order valence-corrected chi connectivity index (χ0v) is 16.3. The number of aromatic nitrogens is 1. The summed E-state index contributed by atoms with van der Waals surface area (Å²) in [7, 11) is 0. The van der Waals surface area contributed by atoms with Crippen LogP contribution in [0.5, 0.6) is 0 Å². The fraction of sp³-hybridized carbons (Fsp3) is 0.130. The maximum absolute atomic E-state index is 12.1. The van der Waals surface area contributed by atoms with Crippen molar-refractivity contribution in [2.24, 2.45) is 0 Å². The van der Waals surface area contributed by atoms with Crippen LogP contribution in [0.1, 0.15) is 11.1 Å². The molecule has 4 rings (SSSR count). The highest BCUT2D eigenvalue weighted by Gasteiger charge is 2.09. The molecule has 1 amide bonds. The highest BCUT2D eigenvalue weighted by molar-refractivity contribution is 7.99. The molecule has 5 heteroatoms. The third kappa shape index (κ3) is 4.43. The first kappa shape index (κ1) is 18.3. The van der Waals surface area contributed by atoms with E-state index in [1.54, 1.807) is 11.8 Å². The first-order chi connectivity index (χ1) is 13.7. The number of hydrogen-bond acceptors (Lipinski definition) is 4. The van der Waals surface area contributed by atoms with Gasteiger partial charge in [0.1, 0.15) is 5.52 Å². The second kappa shape index (κ2) is 8.31. The van der Waals surface area contributed by atoms with Crippen molar-refractivity contribution < 1.29 is 9.21 Å². The van der Waals surface area contributed by atoms with Crippen LogP contribution < -0.4 is 5.32 Å². The number of amides is 1. The smallest absolute Gasteiger partial charge is 0.234 e. The topological polar surface area (TPSA) is 55.1 Å². The van der Waals surface area contributed by atoms with Crippen LogP contribution >= 0.6 is 11.8 Å². The van der Waals surface area contributed by atoms with Crippen molar-refractivity contribution >= 4 is 34.5 Å². The van der Waals surface area contributed by atoms with Crippen molar-refractivity contribution in [3.8, 4) is 11.5 Å². The number of hydrogen-bond donors (Lipinski definition) is 1. The summed E-state index contributed by atoms with van der Waals surface area (Å²) in [6, 6.07) is 23.6. The predicted octanol–water partition coefficient (Wildman–Crippen LogP) is 5.68. The minimum atomic E-state index is -0.00832. The molecular weight excluding hydrogens is 368 g/mol. The summed E-state index contributed by atoms with van der Waals surface area (Å²) in [5.41, 5.74) is 5.64. The second-order valence-corrected chi connectivity index (χ2v) is 7.58. The van der Waals surface area contributed by atoms with E-state index < -0.39 is 0 Å². The lowest BCUT2D eigenvalue weighted by Crippen LogP contribution is -2.14. The van der Waals surface area contributed by atoms with Crippen LogP contribution in [-0.2, 0) is 10.5 Å². The quantitative estimate of drug-likeness (QED) is 0.462. The number of nitrogens with one attached hydrogen (secondary N) is 1. The van der Waals surface area contributed by atoms with Crippen molar-refractivity contribution in [3.63, 3.8) is 0 Å². The molecule has 28 heavy (non-hydrogen) atoms. The Labute approximate surface area is 168 Å². The Kier molecular flexibility index (Phi) is 5.44. The molecule has 0 aliphatic carbocycles. The van der Waals surface area contributed by atoms with Gasteiger partial charge in [0, 0.05) is 17.0 Å². The number of nitrogens with zero attached hydrogens (tertiary/aromatic N) is 1. The van der Waals surface area contributed by atoms with E-state index >= 15 is 0 Å². The zero-order chi connectivity index (χ0) is 19.3. The molecule has 4 nitrogen and oxygen atoms in total. The van der Waals surface area contributed by atoms with Gasteiger partial charge in [0.25, 0.3) is 0 Å². The van der Waals surface area contributed by atoms with Gasteiger partial charge in [-0.3, -0.25) is 4.79 Å². The van der Waals surface area contributed by atoms with Crippen LogP contribution in [0, 0.1) is 6.92 Å². The van der Waals surface area contributed by atoms with Crippen LogP contribution in [0.25, 0.3) is 22.6 Å². The minimum absolute atomic E-state index is 0.00832. The number of carbonyl (C=O) groups excluding carboxylic acids is 1. The Morgan fingerprint density at radius 1 is 1.04 bits per heavy atom. The van der Waals surface area contributed by atoms with Gasteiger partial charge in [0.2, 0.25) is 11.8 Å². The number of anilines is 1. The molecule has 0 saturated carbocycles. The van der Waals surface area contributed by atoms with E-state index in [0.717, 1.165) is 33.7 Å². The van der Waals surface area contributed by atoms with Crippen LogP contribution in [0.2, 0.25) is 0 Å². The first-order valence-corrected chi connectivity index (χ1v) is 10.2. The van der Waals surface area contributed by atoms with Crippen LogP contribution in [-0.4, -0.2) is 16.6 Å². The number of carbonyl (C=O) groups is 1. The van der Waals surface area contributed by atoms with Crippen molar-refractivity contribution in [1.29, 1.82) is 0 Å². The van der Waals surface area contributed by atoms with E-state index in [-0.39, 0.29) is 5.91 Å². The number of benzene rings is 3. The van der Waals surface area contributed by atoms with Crippen molar-refractivity contribution in [2.45, 2.75) is 12.7 Å². The van der Waals surface area contributed by atoms with Crippen LogP contribution in [0.15, 0.2) is 77.2 Å². The van der Waals surface area contributed by atoms with E-state index in [1.165, 1.54) is 5.56 Å². The fourth-order valence-electron chi connectivity index (χ4n) is 2.89. The first-order valence-electron chi connectivity index (χ1n) is 9.06. The standard InChI is InChI=1S/C23H20N2O2S/c1-16-7-12-21-20(13-16)25-23(27-21)18-8-10-19(11-9-18)24-22(26)15-28-14-17-5-3-2-4-6-17/h2-13H,14-15H2,1H3,(H,24,26). The van der Waals surface area contributed by atoms with E-state index in [1.807, 2.05) is 67.6 Å². The average Bonchev–Trinajstić information content (AvgIpc) is 3.12. The van der Waals surface area contributed by atoms with E-state index in [0.29, 0.717) is 11.6 Å². The minimum Gasteiger partial charge on any atom is -0.436 e. The van der Waals surface area contributed by atoms with Gasteiger partial charge in [-0.1, -0.05) is 36.4 Å². The molecule has 1 heterocycles. The molecule has 0 aliphatic heterocycles. The van der Waals surface area contributed by atoms with Crippen molar-refractivity contribution in [1.82, 2.24) is 4.98 Å².